The van der Waals surface area contributed by atoms with Crippen molar-refractivity contribution in [1.82, 2.24) is 14.8 Å². The fourth-order valence-electron chi connectivity index (χ4n) is 5.29. The van der Waals surface area contributed by atoms with E-state index < -0.39 is 18.4 Å². The Morgan fingerprint density at radius 3 is 2.62 bits per heavy atom. The first-order valence-corrected chi connectivity index (χ1v) is 13.3. The number of hydrogen-bond donors (Lipinski definition) is 0. The third-order valence-electron chi connectivity index (χ3n) is 7.49. The summed E-state index contributed by atoms with van der Waals surface area (Å²) in [5.41, 5.74) is 2.97. The monoisotopic (exact) mass is 533 g/mol. The smallest absolute Gasteiger partial charge is 0.425 e. The van der Waals surface area contributed by atoms with Gasteiger partial charge in [0.15, 0.2) is 6.10 Å². The van der Waals surface area contributed by atoms with E-state index in [4.69, 9.17) is 4.74 Å². The van der Waals surface area contributed by atoms with Crippen molar-refractivity contribution in [3.05, 3.63) is 53.6 Å². The molecular formula is C27H30F3N3O3S. The van der Waals surface area contributed by atoms with Gasteiger partial charge in [0.25, 0.3) is 5.19 Å². The van der Waals surface area contributed by atoms with Crippen molar-refractivity contribution >= 4 is 27.6 Å². The molecule has 10 heteroatoms. The molecule has 0 saturated carbocycles. The number of para-hydroxylation sites is 1. The zero-order valence-corrected chi connectivity index (χ0v) is 21.7. The number of benzene rings is 2. The van der Waals surface area contributed by atoms with Gasteiger partial charge in [-0.25, -0.2) is 9.78 Å². The summed E-state index contributed by atoms with van der Waals surface area (Å²) in [5, 5.41) is 0.601. The summed E-state index contributed by atoms with van der Waals surface area (Å²) in [5.74, 6) is 0.781. The van der Waals surface area contributed by atoms with Gasteiger partial charge < -0.3 is 14.4 Å². The molecule has 198 valence electrons. The maximum atomic E-state index is 12.8. The van der Waals surface area contributed by atoms with Crippen LogP contribution in [-0.4, -0.2) is 58.3 Å². The highest BCUT2D eigenvalue weighted by Gasteiger charge is 2.45. The molecule has 1 amide bonds. The number of aromatic nitrogens is 1. The van der Waals surface area contributed by atoms with Gasteiger partial charge in [-0.1, -0.05) is 35.6 Å². The van der Waals surface area contributed by atoms with Crippen molar-refractivity contribution in [2.24, 2.45) is 0 Å². The van der Waals surface area contributed by atoms with E-state index in [9.17, 15) is 18.0 Å². The van der Waals surface area contributed by atoms with Crippen LogP contribution in [0.3, 0.4) is 0 Å². The number of rotatable bonds is 5. The Balaban J connectivity index is 1.27. The molecule has 37 heavy (non-hydrogen) atoms. The third kappa shape index (κ3) is 5.55. The number of amides is 1. The number of thiazole rings is 1. The van der Waals surface area contributed by atoms with Crippen LogP contribution in [0.4, 0.5) is 18.0 Å². The molecule has 2 aliphatic heterocycles. The lowest BCUT2D eigenvalue weighted by molar-refractivity contribution is -0.200. The van der Waals surface area contributed by atoms with Crippen LogP contribution < -0.4 is 4.74 Å². The number of hydrogen-bond acceptors (Lipinski definition) is 6. The van der Waals surface area contributed by atoms with Crippen molar-refractivity contribution in [3.63, 3.8) is 0 Å². The lowest BCUT2D eigenvalue weighted by atomic mass is 9.85. The average molecular weight is 534 g/mol. The quantitative estimate of drug-likeness (QED) is 0.357. The van der Waals surface area contributed by atoms with E-state index in [1.807, 2.05) is 37.3 Å². The molecule has 1 spiro atoms. The molecule has 0 radical (unpaired) electrons. The number of piperidine rings is 1. The molecule has 1 aromatic heterocycles. The number of alkyl halides is 3. The predicted octanol–water partition coefficient (Wildman–Crippen LogP) is 6.91. The van der Waals surface area contributed by atoms with Gasteiger partial charge in [0.1, 0.15) is 5.75 Å². The minimum absolute atomic E-state index is 0.0928. The van der Waals surface area contributed by atoms with Gasteiger partial charge >= 0.3 is 12.3 Å². The molecule has 3 aromatic rings. The molecule has 0 N–H and O–H groups in total. The van der Waals surface area contributed by atoms with Gasteiger partial charge in [-0.15, -0.1) is 0 Å². The topological polar surface area (TPSA) is 54.9 Å². The summed E-state index contributed by atoms with van der Waals surface area (Å²) in [4.78, 5) is 20.8. The second-order valence-electron chi connectivity index (χ2n) is 9.96. The van der Waals surface area contributed by atoms with E-state index in [1.54, 1.807) is 0 Å². The number of carbonyl (C=O) groups is 1. The number of aryl methyl sites for hydroxylation is 1. The normalized spacial score (nSPS) is 18.9. The molecule has 0 aliphatic carbocycles. The molecule has 0 bridgehead atoms. The molecular weight excluding hydrogens is 503 g/mol. The van der Waals surface area contributed by atoms with E-state index in [1.165, 1.54) is 16.2 Å². The van der Waals surface area contributed by atoms with Crippen molar-refractivity contribution in [3.8, 4) is 10.9 Å². The molecule has 3 heterocycles. The van der Waals surface area contributed by atoms with E-state index in [2.05, 4.69) is 26.8 Å². The van der Waals surface area contributed by atoms with E-state index in [0.717, 1.165) is 53.4 Å². The van der Waals surface area contributed by atoms with Gasteiger partial charge in [-0.05, 0) is 69.8 Å². The maximum Gasteiger partial charge on any atom is 0.425 e. The third-order valence-corrected chi connectivity index (χ3v) is 8.40. The number of nitrogens with zero attached hydrogens (tertiary/aromatic N) is 3. The molecule has 2 aliphatic rings. The molecule has 1 atom stereocenters. The fourth-order valence-corrected chi connectivity index (χ4v) is 6.12. The lowest BCUT2D eigenvalue weighted by Crippen LogP contribution is -2.53. The largest absolute Gasteiger partial charge is 0.437 e. The SMILES string of the molecule is Cc1ccc(CN2CCCC23CCN(C(=O)OC(C)C(F)(F)F)CC3)c(Oc2nc3ccccc3s2)c1. The Bertz CT molecular complexity index is 1240. The molecule has 5 rings (SSSR count). The van der Waals surface area contributed by atoms with Crippen LogP contribution in [0, 0.1) is 6.92 Å². The van der Waals surface area contributed by atoms with Crippen LogP contribution in [0.25, 0.3) is 10.2 Å². The number of halogens is 3. The zero-order chi connectivity index (χ0) is 26.2. The average Bonchev–Trinajstić information content (AvgIpc) is 3.44. The summed E-state index contributed by atoms with van der Waals surface area (Å²) in [6.07, 6.45) is -4.15. The Morgan fingerprint density at radius 2 is 1.89 bits per heavy atom. The van der Waals surface area contributed by atoms with Crippen LogP contribution in [0.1, 0.15) is 43.7 Å². The van der Waals surface area contributed by atoms with Gasteiger partial charge in [0.05, 0.1) is 10.2 Å². The first-order valence-electron chi connectivity index (χ1n) is 12.5. The van der Waals surface area contributed by atoms with Crippen LogP contribution in [0.15, 0.2) is 42.5 Å². The number of fused-ring (bicyclic) bond motifs is 1. The van der Waals surface area contributed by atoms with Crippen LogP contribution >= 0.6 is 11.3 Å². The van der Waals surface area contributed by atoms with Crippen LogP contribution in [0.5, 0.6) is 10.9 Å². The minimum atomic E-state index is -4.56. The van der Waals surface area contributed by atoms with Gasteiger partial charge in [-0.3, -0.25) is 4.90 Å². The van der Waals surface area contributed by atoms with Crippen LogP contribution in [-0.2, 0) is 11.3 Å². The molecule has 2 fully saturated rings. The number of ether oxygens (including phenoxy) is 2. The van der Waals surface area contributed by atoms with Gasteiger partial charge in [0, 0.05) is 30.7 Å². The summed E-state index contributed by atoms with van der Waals surface area (Å²) in [7, 11) is 0. The highest BCUT2D eigenvalue weighted by atomic mass is 32.1. The Morgan fingerprint density at radius 1 is 1.14 bits per heavy atom. The molecule has 2 saturated heterocycles. The van der Waals surface area contributed by atoms with Crippen molar-refractivity contribution < 1.29 is 27.4 Å². The number of likely N-dealkylation sites (tertiary alicyclic amines) is 2. The highest BCUT2D eigenvalue weighted by molar-refractivity contribution is 7.20. The van der Waals surface area contributed by atoms with Gasteiger partial charge in [-0.2, -0.15) is 13.2 Å². The minimum Gasteiger partial charge on any atom is -0.437 e. The second-order valence-corrected chi connectivity index (χ2v) is 11.0. The van der Waals surface area contributed by atoms with Gasteiger partial charge in [0.2, 0.25) is 0 Å². The van der Waals surface area contributed by atoms with Crippen molar-refractivity contribution in [1.29, 1.82) is 0 Å². The fraction of sp³-hybridized carbons (Fsp3) is 0.481. The van der Waals surface area contributed by atoms with E-state index in [0.29, 0.717) is 37.7 Å². The molecule has 6 nitrogen and oxygen atoms in total. The second kappa shape index (κ2) is 10.1. The molecule has 2 aromatic carbocycles. The van der Waals surface area contributed by atoms with Crippen molar-refractivity contribution in [2.45, 2.75) is 63.9 Å². The highest BCUT2D eigenvalue weighted by Crippen LogP contribution is 2.41. The lowest BCUT2D eigenvalue weighted by Gasteiger charge is -2.45. The van der Waals surface area contributed by atoms with Crippen molar-refractivity contribution in [2.75, 3.05) is 19.6 Å². The summed E-state index contributed by atoms with van der Waals surface area (Å²) >= 11 is 1.51. The zero-order valence-electron chi connectivity index (χ0n) is 20.9. The Labute approximate surface area is 218 Å². The predicted molar refractivity (Wildman–Crippen MR) is 136 cm³/mol. The standard InChI is InChI=1S/C27H30F3N3O3S/c1-18-8-9-20(22(16-18)36-24-31-21-6-3-4-7-23(21)37-24)17-33-13-5-10-26(33)11-14-32(15-12-26)25(34)35-19(2)27(28,29)30/h3-4,6-9,16,19H,5,10-15,17H2,1-2H3. The number of carbonyl (C=O) groups excluding carboxylic acids is 1. The Hall–Kier alpha value is -2.85. The maximum absolute atomic E-state index is 12.8. The Kier molecular flexibility index (Phi) is 7.06. The summed E-state index contributed by atoms with van der Waals surface area (Å²) in [6, 6.07) is 14.1. The van der Waals surface area contributed by atoms with E-state index in [-0.39, 0.29) is 5.54 Å². The first kappa shape index (κ1) is 25.8. The first-order chi connectivity index (χ1) is 17.6. The van der Waals surface area contributed by atoms with Crippen LogP contribution in [0.2, 0.25) is 0 Å². The van der Waals surface area contributed by atoms with E-state index >= 15 is 0 Å². The molecule has 1 unspecified atom stereocenters. The summed E-state index contributed by atoms with van der Waals surface area (Å²) in [6.45, 7) is 5.25. The summed E-state index contributed by atoms with van der Waals surface area (Å²) < 4.78 is 50.4.